The first kappa shape index (κ1) is 30.0. The van der Waals surface area contributed by atoms with E-state index in [-0.39, 0.29) is 37.2 Å². The molecule has 0 bridgehead atoms. The van der Waals surface area contributed by atoms with Gasteiger partial charge in [-0.05, 0) is 66.2 Å². The van der Waals surface area contributed by atoms with Gasteiger partial charge in [0.05, 0.1) is 6.20 Å². The minimum Gasteiger partial charge on any atom is -0.302 e. The van der Waals surface area contributed by atoms with Gasteiger partial charge in [-0.3, -0.25) is 0 Å². The Morgan fingerprint density at radius 2 is 1.59 bits per heavy atom. The topological polar surface area (TPSA) is 38.7 Å². The maximum atomic E-state index is 14.9. The van der Waals surface area contributed by atoms with Gasteiger partial charge in [-0.1, -0.05) is 35.2 Å². The zero-order valence-electron chi connectivity index (χ0n) is 37.0. The molecule has 51 heavy (non-hydrogen) atoms. The van der Waals surface area contributed by atoms with E-state index in [1.807, 2.05) is 59.0 Å². The van der Waals surface area contributed by atoms with Crippen LogP contribution in [0.2, 0.25) is 17.3 Å². The summed E-state index contributed by atoms with van der Waals surface area (Å²) in [6.45, 7) is 5.40. The fraction of sp³-hybridized carbons (Fsp3) is 0.250. The van der Waals surface area contributed by atoms with E-state index in [1.165, 1.54) is 28.0 Å². The first-order valence-electron chi connectivity index (χ1n) is 20.0. The van der Waals surface area contributed by atoms with Gasteiger partial charge in [-0.25, -0.2) is 9.37 Å². The van der Waals surface area contributed by atoms with E-state index >= 15 is 0 Å². The number of rotatable bonds is 5. The molecule has 0 aliphatic rings. The monoisotopic (exact) mass is 939 g/mol. The van der Waals surface area contributed by atoms with Crippen molar-refractivity contribution < 1.29 is 34.1 Å². The molecule has 0 aliphatic carbocycles. The summed E-state index contributed by atoms with van der Waals surface area (Å²) < 4.78 is 70.8. The fourth-order valence-electron chi connectivity index (χ4n) is 6.38. The van der Waals surface area contributed by atoms with E-state index in [1.54, 1.807) is 30.3 Å². The molecule has 0 amide bonds. The Bertz CT molecular complexity index is 2600. The molecule has 4 aromatic heterocycles. The summed E-state index contributed by atoms with van der Waals surface area (Å²) in [5, 5.41) is 1.83. The molecule has 7 aromatic rings. The third-order valence-electron chi connectivity index (χ3n) is 8.70. The molecule has 0 N–H and O–H groups in total. The Morgan fingerprint density at radius 3 is 2.24 bits per heavy atom. The van der Waals surface area contributed by atoms with Gasteiger partial charge in [0.25, 0.3) is 0 Å². The van der Waals surface area contributed by atoms with Crippen LogP contribution in [0.4, 0.5) is 4.39 Å². The molecule has 1 radical (unpaired) electrons. The molecule has 0 atom stereocenters. The van der Waals surface area contributed by atoms with Crippen molar-refractivity contribution in [3.05, 3.63) is 131 Å². The van der Waals surface area contributed by atoms with Crippen molar-refractivity contribution in [1.29, 1.82) is 0 Å². The molecule has 7 rings (SSSR count). The third kappa shape index (κ3) is 8.25. The van der Waals surface area contributed by atoms with Crippen LogP contribution in [0.3, 0.4) is 0 Å². The van der Waals surface area contributed by atoms with Crippen molar-refractivity contribution in [2.24, 2.45) is 0 Å². The average molecular weight is 938 g/mol. The van der Waals surface area contributed by atoms with Gasteiger partial charge in [-0.15, -0.1) is 23.8 Å². The molecule has 263 valence electrons. The summed E-state index contributed by atoms with van der Waals surface area (Å²) in [6.07, 6.45) is 3.17. The van der Waals surface area contributed by atoms with E-state index < -0.39 is 32.9 Å². The van der Waals surface area contributed by atoms with Gasteiger partial charge in [0.1, 0.15) is 10.6 Å². The van der Waals surface area contributed by atoms with Crippen molar-refractivity contribution in [2.75, 3.05) is 0 Å². The Kier molecular flexibility index (Phi) is 9.16. The number of thiophene rings is 1. The number of nitrogens with zero attached hydrogens (tertiary/aromatic N) is 3. The van der Waals surface area contributed by atoms with Gasteiger partial charge in [-0.2, -0.15) is 11.3 Å². The molecule has 0 saturated heterocycles. The van der Waals surface area contributed by atoms with Crippen molar-refractivity contribution in [2.45, 2.75) is 71.5 Å². The molecule has 0 saturated carbocycles. The minimum absolute atomic E-state index is 0. The molecular formula is C44H44FGeIrN3S-2. The minimum atomic E-state index is -2.27. The first-order chi connectivity index (χ1) is 26.4. The molecule has 0 spiro atoms. The van der Waals surface area contributed by atoms with Crippen molar-refractivity contribution >= 4 is 49.3 Å². The molecule has 4 heterocycles. The summed E-state index contributed by atoms with van der Waals surface area (Å²) in [5.74, 6) is 5.81. The fourth-order valence-corrected chi connectivity index (χ4v) is 10.9. The summed E-state index contributed by atoms with van der Waals surface area (Å²) in [6, 6.07) is 26.1. The molecule has 0 fully saturated rings. The second-order valence-electron chi connectivity index (χ2n) is 13.9. The van der Waals surface area contributed by atoms with Gasteiger partial charge in [0.15, 0.2) is 0 Å². The Morgan fingerprint density at radius 1 is 0.843 bits per heavy atom. The number of aryl methyl sites for hydroxylation is 5. The largest absolute Gasteiger partial charge is 0.302 e. The summed E-state index contributed by atoms with van der Waals surface area (Å²) >= 11 is -0.739. The van der Waals surface area contributed by atoms with Crippen LogP contribution in [0.15, 0.2) is 79.1 Å². The van der Waals surface area contributed by atoms with Crippen molar-refractivity contribution in [1.82, 2.24) is 15.0 Å². The Hall–Kier alpha value is -3.55. The van der Waals surface area contributed by atoms with Crippen LogP contribution in [0, 0.1) is 52.4 Å². The average Bonchev–Trinajstić information content (AvgIpc) is 3.49. The number of hydrogen-bond donors (Lipinski definition) is 0. The normalized spacial score (nSPS) is 14.2. The zero-order valence-corrected chi connectivity index (χ0v) is 35.3. The molecule has 7 heteroatoms. The van der Waals surface area contributed by atoms with Crippen molar-refractivity contribution in [3.8, 4) is 33.6 Å². The number of hydrogen-bond acceptors (Lipinski definition) is 4. The third-order valence-corrected chi connectivity index (χ3v) is 14.1. The van der Waals surface area contributed by atoms with Crippen molar-refractivity contribution in [3.63, 3.8) is 0 Å². The van der Waals surface area contributed by atoms with Gasteiger partial charge in [0, 0.05) is 35.5 Å². The smallest absolute Gasteiger partial charge is 0.147 e. The van der Waals surface area contributed by atoms with E-state index in [4.69, 9.17) is 9.60 Å². The van der Waals surface area contributed by atoms with Crippen LogP contribution in [0.1, 0.15) is 62.8 Å². The predicted molar refractivity (Wildman–Crippen MR) is 214 cm³/mol. The zero-order chi connectivity index (χ0) is 41.8. The SMILES string of the molecule is [2H]C([2H])([2H])c1c[c-]c(-c2cc(C([2H])(C)C)[c]([Ge]([CH3])([CH3])[CH3])cn2)cc1.[2H]C([2H])([2H])c1ccc2c(n1)sc1c(-c3cc(-c4c(C)cc(C)cc4C)c(F)cn3)[c-]ccc12.[Ir]. The number of aromatic nitrogens is 3. The molecule has 0 unspecified atom stereocenters. The van der Waals surface area contributed by atoms with Crippen LogP contribution in [-0.4, -0.2) is 28.2 Å². The second-order valence-corrected chi connectivity index (χ2v) is 25.5. The first-order valence-corrected chi connectivity index (χ1v) is 24.6. The van der Waals surface area contributed by atoms with Gasteiger partial charge < -0.3 is 4.98 Å². The van der Waals surface area contributed by atoms with Gasteiger partial charge in [0.2, 0.25) is 0 Å². The number of halogens is 1. The summed E-state index contributed by atoms with van der Waals surface area (Å²) in [4.78, 5) is 14.0. The van der Waals surface area contributed by atoms with Gasteiger partial charge >= 0.3 is 131 Å². The second kappa shape index (κ2) is 15.6. The maximum Gasteiger partial charge on any atom is 0.147 e. The quantitative estimate of drug-likeness (QED) is 0.127. The maximum absolute atomic E-state index is 14.9. The van der Waals surface area contributed by atoms with E-state index in [2.05, 4.69) is 56.5 Å². The Balaban J connectivity index is 0.000000229. The molecule has 3 aromatic carbocycles. The summed E-state index contributed by atoms with van der Waals surface area (Å²) in [5.41, 5.74) is 8.71. The van der Waals surface area contributed by atoms with E-state index in [9.17, 15) is 4.39 Å². The number of pyridine rings is 3. The number of fused-ring (bicyclic) bond motifs is 3. The van der Waals surface area contributed by atoms with Crippen LogP contribution >= 0.6 is 11.3 Å². The van der Waals surface area contributed by atoms with Crippen LogP contribution in [-0.2, 0) is 20.1 Å². The Labute approximate surface area is 332 Å². The van der Waals surface area contributed by atoms with Crippen LogP contribution in [0.5, 0.6) is 0 Å². The summed E-state index contributed by atoms with van der Waals surface area (Å²) in [7, 11) is 0. The molecule has 3 nitrogen and oxygen atoms in total. The number of benzene rings is 3. The van der Waals surface area contributed by atoms with E-state index in [0.717, 1.165) is 60.1 Å². The molecule has 0 aliphatic heterocycles. The van der Waals surface area contributed by atoms with E-state index in [0.29, 0.717) is 16.1 Å². The molecular weight excluding hydrogens is 886 g/mol. The predicted octanol–water partition coefficient (Wildman–Crippen LogP) is 11.9. The standard InChI is InChI=1S/C26H20FN2S.C18H24GeN.Ir/c1-14-10-15(2)24(16(3)11-14)21-12-23(28-13-22(21)27)20-7-5-6-18-19-9-8-17(4)29-26(19)30-25(18)20;1-13(2)16-11-18(15-9-7-14(3)8-10-15)20-12-17(16)19(4,5)6;/h5-6,8-13H,1-4H3;7-9,11-13H,1-6H3;/q2*-1;/i4D3;3D3,13D;. The van der Waals surface area contributed by atoms with Crippen LogP contribution in [0.25, 0.3) is 53.9 Å². The van der Waals surface area contributed by atoms with Crippen LogP contribution < -0.4 is 4.40 Å².